The summed E-state index contributed by atoms with van der Waals surface area (Å²) < 4.78 is 5.57. The number of hydrogen-bond acceptors (Lipinski definition) is 4. The fraction of sp³-hybridized carbons (Fsp3) is 0.400. The summed E-state index contributed by atoms with van der Waals surface area (Å²) in [6, 6.07) is 10.6. The van der Waals surface area contributed by atoms with E-state index in [1.165, 1.54) is 0 Å². The molecule has 4 heteroatoms. The number of oxazole rings is 1. The summed E-state index contributed by atoms with van der Waals surface area (Å²) in [7, 11) is 0. The van der Waals surface area contributed by atoms with Crippen LogP contribution in [0.3, 0.4) is 0 Å². The van der Waals surface area contributed by atoms with Crippen LogP contribution in [-0.4, -0.2) is 35.6 Å². The van der Waals surface area contributed by atoms with Crippen molar-refractivity contribution in [2.45, 2.75) is 19.5 Å². The number of aromatic nitrogens is 1. The van der Waals surface area contributed by atoms with E-state index in [1.807, 2.05) is 30.3 Å². The molecule has 0 spiro atoms. The summed E-state index contributed by atoms with van der Waals surface area (Å²) in [5.41, 5.74) is 2.04. The van der Waals surface area contributed by atoms with Gasteiger partial charge in [0.15, 0.2) is 0 Å². The molecule has 1 fully saturated rings. The third-order valence-corrected chi connectivity index (χ3v) is 3.58. The second-order valence-corrected chi connectivity index (χ2v) is 5.03. The van der Waals surface area contributed by atoms with Crippen molar-refractivity contribution in [2.24, 2.45) is 0 Å². The van der Waals surface area contributed by atoms with Crippen molar-refractivity contribution in [1.29, 1.82) is 0 Å². The Labute approximate surface area is 113 Å². The van der Waals surface area contributed by atoms with Crippen LogP contribution in [-0.2, 0) is 6.54 Å². The number of hydrogen-bond donors (Lipinski definition) is 1. The zero-order valence-electron chi connectivity index (χ0n) is 11.2. The highest BCUT2D eigenvalue weighted by molar-refractivity contribution is 5.52. The second-order valence-electron chi connectivity index (χ2n) is 5.03. The average Bonchev–Trinajstić information content (AvgIpc) is 2.91. The average molecular weight is 257 g/mol. The van der Waals surface area contributed by atoms with Crippen molar-refractivity contribution >= 4 is 0 Å². The molecule has 1 N–H and O–H groups in total. The Morgan fingerprint density at radius 3 is 3.00 bits per heavy atom. The monoisotopic (exact) mass is 257 g/mol. The Kier molecular flexibility index (Phi) is 3.62. The third-order valence-electron chi connectivity index (χ3n) is 3.58. The SMILES string of the molecule is C[C@H]1CNCCN1Cc1coc(-c2ccccc2)n1. The predicted molar refractivity (Wildman–Crippen MR) is 74.7 cm³/mol. The zero-order valence-corrected chi connectivity index (χ0v) is 11.2. The van der Waals surface area contributed by atoms with Crippen LogP contribution in [0.5, 0.6) is 0 Å². The summed E-state index contributed by atoms with van der Waals surface area (Å²) in [6.07, 6.45) is 1.77. The topological polar surface area (TPSA) is 41.3 Å². The van der Waals surface area contributed by atoms with E-state index in [9.17, 15) is 0 Å². The van der Waals surface area contributed by atoms with E-state index in [1.54, 1.807) is 6.26 Å². The molecule has 0 unspecified atom stereocenters. The van der Waals surface area contributed by atoms with Crippen LogP contribution in [0, 0.1) is 0 Å². The molecular formula is C15H19N3O. The molecule has 0 saturated carbocycles. The Hall–Kier alpha value is -1.65. The van der Waals surface area contributed by atoms with Crippen molar-refractivity contribution in [1.82, 2.24) is 15.2 Å². The van der Waals surface area contributed by atoms with E-state index < -0.39 is 0 Å². The van der Waals surface area contributed by atoms with Crippen LogP contribution in [0.1, 0.15) is 12.6 Å². The molecule has 0 amide bonds. The maximum absolute atomic E-state index is 5.57. The van der Waals surface area contributed by atoms with Gasteiger partial charge in [-0.05, 0) is 19.1 Å². The van der Waals surface area contributed by atoms with Crippen molar-refractivity contribution < 1.29 is 4.42 Å². The number of benzene rings is 1. The van der Waals surface area contributed by atoms with Gasteiger partial charge in [0.05, 0.1) is 5.69 Å². The first-order valence-corrected chi connectivity index (χ1v) is 6.77. The molecule has 3 rings (SSSR count). The number of nitrogens with one attached hydrogen (secondary N) is 1. The smallest absolute Gasteiger partial charge is 0.226 e. The molecule has 4 nitrogen and oxygen atoms in total. The highest BCUT2D eigenvalue weighted by Crippen LogP contribution is 2.19. The minimum atomic E-state index is 0.547. The lowest BCUT2D eigenvalue weighted by molar-refractivity contribution is 0.163. The Bertz CT molecular complexity index is 523. The van der Waals surface area contributed by atoms with Gasteiger partial charge in [0.1, 0.15) is 6.26 Å². The van der Waals surface area contributed by atoms with Gasteiger partial charge in [-0.1, -0.05) is 18.2 Å². The van der Waals surface area contributed by atoms with E-state index in [2.05, 4.69) is 22.1 Å². The lowest BCUT2D eigenvalue weighted by Crippen LogP contribution is -2.49. The zero-order chi connectivity index (χ0) is 13.1. The van der Waals surface area contributed by atoms with Crippen LogP contribution in [0.15, 0.2) is 41.0 Å². The van der Waals surface area contributed by atoms with Crippen LogP contribution < -0.4 is 5.32 Å². The lowest BCUT2D eigenvalue weighted by Gasteiger charge is -2.33. The summed E-state index contributed by atoms with van der Waals surface area (Å²) >= 11 is 0. The van der Waals surface area contributed by atoms with Gasteiger partial charge in [-0.2, -0.15) is 0 Å². The Morgan fingerprint density at radius 1 is 1.37 bits per heavy atom. The number of nitrogens with zero attached hydrogens (tertiary/aromatic N) is 2. The maximum atomic E-state index is 5.57. The maximum Gasteiger partial charge on any atom is 0.226 e. The summed E-state index contributed by atoms with van der Waals surface area (Å²) in [5.74, 6) is 0.707. The van der Waals surface area contributed by atoms with E-state index in [0.717, 1.165) is 37.4 Å². The van der Waals surface area contributed by atoms with Crippen molar-refractivity contribution in [3.63, 3.8) is 0 Å². The largest absolute Gasteiger partial charge is 0.444 e. The molecule has 0 radical (unpaired) electrons. The van der Waals surface area contributed by atoms with Gasteiger partial charge in [-0.25, -0.2) is 4.98 Å². The Balaban J connectivity index is 1.71. The van der Waals surface area contributed by atoms with Gasteiger partial charge in [0.25, 0.3) is 0 Å². The molecule has 1 aliphatic rings. The quantitative estimate of drug-likeness (QED) is 0.914. The van der Waals surface area contributed by atoms with E-state index in [0.29, 0.717) is 11.9 Å². The van der Waals surface area contributed by atoms with Crippen LogP contribution in [0.25, 0.3) is 11.5 Å². The van der Waals surface area contributed by atoms with Gasteiger partial charge in [0.2, 0.25) is 5.89 Å². The molecule has 1 saturated heterocycles. The molecule has 2 heterocycles. The fourth-order valence-corrected chi connectivity index (χ4v) is 2.42. The molecule has 1 aromatic carbocycles. The van der Waals surface area contributed by atoms with Crippen LogP contribution in [0.4, 0.5) is 0 Å². The van der Waals surface area contributed by atoms with Crippen LogP contribution in [0.2, 0.25) is 0 Å². The minimum Gasteiger partial charge on any atom is -0.444 e. The molecular weight excluding hydrogens is 238 g/mol. The molecule has 100 valence electrons. The van der Waals surface area contributed by atoms with Gasteiger partial charge < -0.3 is 9.73 Å². The normalized spacial score (nSPS) is 20.6. The van der Waals surface area contributed by atoms with Crippen molar-refractivity contribution in [3.8, 4) is 11.5 Å². The van der Waals surface area contributed by atoms with E-state index >= 15 is 0 Å². The number of piperazine rings is 1. The fourth-order valence-electron chi connectivity index (χ4n) is 2.42. The molecule has 1 aliphatic heterocycles. The predicted octanol–water partition coefficient (Wildman–Crippen LogP) is 2.14. The van der Waals surface area contributed by atoms with Gasteiger partial charge >= 0.3 is 0 Å². The summed E-state index contributed by atoms with van der Waals surface area (Å²) in [6.45, 7) is 6.26. The van der Waals surface area contributed by atoms with Gasteiger partial charge in [-0.15, -0.1) is 0 Å². The first-order chi connectivity index (χ1) is 9.33. The van der Waals surface area contributed by atoms with Crippen molar-refractivity contribution in [3.05, 3.63) is 42.3 Å². The molecule has 1 aromatic heterocycles. The number of rotatable bonds is 3. The first kappa shape index (κ1) is 12.4. The van der Waals surface area contributed by atoms with E-state index in [-0.39, 0.29) is 0 Å². The van der Waals surface area contributed by atoms with Gasteiger partial charge in [0, 0.05) is 37.8 Å². The highest BCUT2D eigenvalue weighted by Gasteiger charge is 2.19. The minimum absolute atomic E-state index is 0.547. The molecule has 1 atom stereocenters. The third kappa shape index (κ3) is 2.85. The molecule has 2 aromatic rings. The van der Waals surface area contributed by atoms with E-state index in [4.69, 9.17) is 4.42 Å². The molecule has 19 heavy (non-hydrogen) atoms. The van der Waals surface area contributed by atoms with Crippen molar-refractivity contribution in [2.75, 3.05) is 19.6 Å². The lowest BCUT2D eigenvalue weighted by atomic mass is 10.2. The second kappa shape index (κ2) is 5.55. The first-order valence-electron chi connectivity index (χ1n) is 6.77. The highest BCUT2D eigenvalue weighted by atomic mass is 16.3. The molecule has 0 aliphatic carbocycles. The molecule has 0 bridgehead atoms. The summed E-state index contributed by atoms with van der Waals surface area (Å²) in [4.78, 5) is 7.01. The standard InChI is InChI=1S/C15H19N3O/c1-12-9-16-7-8-18(12)10-14-11-19-15(17-14)13-5-3-2-4-6-13/h2-6,11-12,16H,7-10H2,1H3/t12-/m0/s1. The summed E-state index contributed by atoms with van der Waals surface area (Å²) in [5, 5.41) is 3.40. The Morgan fingerprint density at radius 2 is 2.21 bits per heavy atom. The van der Waals surface area contributed by atoms with Crippen LogP contribution >= 0.6 is 0 Å². The van der Waals surface area contributed by atoms with Gasteiger partial charge in [-0.3, -0.25) is 4.90 Å².